The van der Waals surface area contributed by atoms with Crippen molar-refractivity contribution in [1.82, 2.24) is 15.2 Å². The molecule has 6 nitrogen and oxygen atoms in total. The number of ether oxygens (including phenoxy) is 2. The predicted octanol–water partition coefficient (Wildman–Crippen LogP) is 3.86. The molecule has 1 aromatic carbocycles. The lowest BCUT2D eigenvalue weighted by Gasteiger charge is -2.22. The van der Waals surface area contributed by atoms with E-state index in [1.54, 1.807) is 20.2 Å². The van der Waals surface area contributed by atoms with E-state index >= 15 is 0 Å². The quantitative estimate of drug-likeness (QED) is 0.339. The molecule has 0 aliphatic carbocycles. The van der Waals surface area contributed by atoms with Crippen LogP contribution in [0.5, 0.6) is 11.6 Å². The largest absolute Gasteiger partial charge is 0.497 e. The summed E-state index contributed by atoms with van der Waals surface area (Å²) in [5, 5.41) is 3.17. The zero-order valence-corrected chi connectivity index (χ0v) is 18.7. The zero-order chi connectivity index (χ0) is 20.6. The third-order valence-corrected chi connectivity index (χ3v) is 3.79. The molecule has 0 saturated heterocycles. The molecular weight excluding hydrogens is 500 g/mol. The molecule has 160 valence electrons. The number of aromatic nitrogens is 1. The van der Waals surface area contributed by atoms with Gasteiger partial charge in [-0.1, -0.05) is 12.1 Å². The Morgan fingerprint density at radius 1 is 1.17 bits per heavy atom. The van der Waals surface area contributed by atoms with Crippen molar-refractivity contribution in [2.75, 3.05) is 27.8 Å². The molecule has 0 aliphatic rings. The smallest absolute Gasteiger partial charge is 0.422 e. The maximum atomic E-state index is 12.3. The minimum Gasteiger partial charge on any atom is -0.497 e. The first-order valence-corrected chi connectivity index (χ1v) is 8.50. The maximum Gasteiger partial charge on any atom is 0.422 e. The molecular formula is C19H24F3IN4O2. The molecule has 1 aromatic heterocycles. The summed E-state index contributed by atoms with van der Waals surface area (Å²) in [6.07, 6.45) is -2.99. The van der Waals surface area contributed by atoms with Crippen LogP contribution >= 0.6 is 24.0 Å². The molecule has 0 unspecified atom stereocenters. The Morgan fingerprint density at radius 3 is 2.45 bits per heavy atom. The number of methoxy groups -OCH3 is 1. The molecule has 0 fully saturated rings. The highest BCUT2D eigenvalue weighted by atomic mass is 127. The number of nitrogens with one attached hydrogen (secondary N) is 1. The van der Waals surface area contributed by atoms with Crippen LogP contribution < -0.4 is 14.8 Å². The summed E-state index contributed by atoms with van der Waals surface area (Å²) in [5.74, 6) is 1.36. The van der Waals surface area contributed by atoms with Crippen molar-refractivity contribution >= 4 is 29.9 Å². The first kappa shape index (κ1) is 24.8. The second-order valence-electron chi connectivity index (χ2n) is 6.01. The topological polar surface area (TPSA) is 59.0 Å². The van der Waals surface area contributed by atoms with Gasteiger partial charge in [0.1, 0.15) is 5.75 Å². The summed E-state index contributed by atoms with van der Waals surface area (Å²) in [6, 6.07) is 10.9. The highest BCUT2D eigenvalue weighted by Crippen LogP contribution is 2.17. The van der Waals surface area contributed by atoms with Gasteiger partial charge in [-0.2, -0.15) is 13.2 Å². The van der Waals surface area contributed by atoms with Crippen molar-refractivity contribution in [3.63, 3.8) is 0 Å². The van der Waals surface area contributed by atoms with Crippen molar-refractivity contribution in [3.8, 4) is 11.6 Å². The van der Waals surface area contributed by atoms with E-state index in [1.165, 1.54) is 12.3 Å². The van der Waals surface area contributed by atoms with Crippen molar-refractivity contribution in [2.24, 2.45) is 4.99 Å². The van der Waals surface area contributed by atoms with Crippen LogP contribution in [0, 0.1) is 0 Å². The van der Waals surface area contributed by atoms with Gasteiger partial charge in [0.05, 0.1) is 7.11 Å². The fraction of sp³-hybridized carbons (Fsp3) is 0.368. The first-order chi connectivity index (χ1) is 13.3. The monoisotopic (exact) mass is 524 g/mol. The third kappa shape index (κ3) is 8.75. The molecule has 0 radical (unpaired) electrons. The molecule has 0 amide bonds. The number of alkyl halides is 3. The van der Waals surface area contributed by atoms with Gasteiger partial charge in [-0.15, -0.1) is 24.0 Å². The molecule has 0 aliphatic heterocycles. The van der Waals surface area contributed by atoms with Crippen LogP contribution in [0.1, 0.15) is 11.1 Å². The van der Waals surface area contributed by atoms with Gasteiger partial charge in [-0.3, -0.25) is 4.99 Å². The van der Waals surface area contributed by atoms with Crippen LogP contribution in [-0.2, 0) is 13.1 Å². The molecule has 2 rings (SSSR count). The average Bonchev–Trinajstić information content (AvgIpc) is 2.67. The number of benzene rings is 1. The van der Waals surface area contributed by atoms with E-state index in [1.807, 2.05) is 36.2 Å². The Bertz CT molecular complexity index is 786. The Labute approximate surface area is 185 Å². The zero-order valence-electron chi connectivity index (χ0n) is 16.4. The molecule has 0 bridgehead atoms. The molecule has 29 heavy (non-hydrogen) atoms. The number of hydrogen-bond acceptors (Lipinski definition) is 4. The van der Waals surface area contributed by atoms with Crippen molar-refractivity contribution in [3.05, 3.63) is 53.7 Å². The highest BCUT2D eigenvalue weighted by Gasteiger charge is 2.28. The second-order valence-corrected chi connectivity index (χ2v) is 6.01. The number of rotatable bonds is 7. The van der Waals surface area contributed by atoms with Crippen LogP contribution in [0.15, 0.2) is 47.6 Å². The van der Waals surface area contributed by atoms with Crippen molar-refractivity contribution in [2.45, 2.75) is 19.3 Å². The Hall–Kier alpha value is -2.24. The van der Waals surface area contributed by atoms with Crippen LogP contribution in [0.2, 0.25) is 0 Å². The normalized spacial score (nSPS) is 11.4. The van der Waals surface area contributed by atoms with E-state index in [0.717, 1.165) is 16.9 Å². The Morgan fingerprint density at radius 2 is 1.86 bits per heavy atom. The van der Waals surface area contributed by atoms with Crippen molar-refractivity contribution in [1.29, 1.82) is 0 Å². The number of pyridine rings is 1. The summed E-state index contributed by atoms with van der Waals surface area (Å²) < 4.78 is 46.6. The molecule has 1 N–H and O–H groups in total. The lowest BCUT2D eigenvalue weighted by molar-refractivity contribution is -0.154. The Balaban J connectivity index is 0.00000420. The summed E-state index contributed by atoms with van der Waals surface area (Å²) in [4.78, 5) is 9.96. The van der Waals surface area contributed by atoms with Gasteiger partial charge in [-0.05, 0) is 29.3 Å². The van der Waals surface area contributed by atoms with Gasteiger partial charge in [0.2, 0.25) is 5.88 Å². The molecule has 0 atom stereocenters. The molecule has 1 heterocycles. The van der Waals surface area contributed by atoms with Crippen LogP contribution in [-0.4, -0.2) is 49.8 Å². The average molecular weight is 524 g/mol. The van der Waals surface area contributed by atoms with Gasteiger partial charge >= 0.3 is 6.18 Å². The van der Waals surface area contributed by atoms with E-state index in [4.69, 9.17) is 4.74 Å². The molecule has 10 heteroatoms. The number of nitrogens with zero attached hydrogens (tertiary/aromatic N) is 3. The number of halogens is 4. The van der Waals surface area contributed by atoms with E-state index in [9.17, 15) is 13.2 Å². The van der Waals surface area contributed by atoms with Gasteiger partial charge in [0.25, 0.3) is 0 Å². The van der Waals surface area contributed by atoms with Gasteiger partial charge < -0.3 is 19.7 Å². The maximum absolute atomic E-state index is 12.3. The van der Waals surface area contributed by atoms with Gasteiger partial charge in [0, 0.05) is 39.4 Å². The summed E-state index contributed by atoms with van der Waals surface area (Å²) in [5.41, 5.74) is 1.81. The summed E-state index contributed by atoms with van der Waals surface area (Å²) in [7, 11) is 5.17. The number of hydrogen-bond donors (Lipinski definition) is 1. The summed E-state index contributed by atoms with van der Waals surface area (Å²) in [6.45, 7) is -0.381. The first-order valence-electron chi connectivity index (χ1n) is 8.50. The fourth-order valence-corrected chi connectivity index (χ4v) is 2.44. The van der Waals surface area contributed by atoms with E-state index in [0.29, 0.717) is 19.0 Å². The van der Waals surface area contributed by atoms with Crippen LogP contribution in [0.4, 0.5) is 13.2 Å². The molecule has 0 saturated carbocycles. The van der Waals surface area contributed by atoms with E-state index < -0.39 is 12.8 Å². The SMILES string of the molecule is CN=C(NCc1ccnc(OCC(F)(F)F)c1)N(C)Cc1ccc(OC)cc1.I. The van der Waals surface area contributed by atoms with Crippen LogP contribution in [0.25, 0.3) is 0 Å². The third-order valence-electron chi connectivity index (χ3n) is 3.79. The minimum absolute atomic E-state index is 0. The lowest BCUT2D eigenvalue weighted by Crippen LogP contribution is -2.38. The van der Waals surface area contributed by atoms with Crippen LogP contribution in [0.3, 0.4) is 0 Å². The van der Waals surface area contributed by atoms with E-state index in [-0.39, 0.29) is 29.9 Å². The summed E-state index contributed by atoms with van der Waals surface area (Å²) >= 11 is 0. The van der Waals surface area contributed by atoms with Crippen molar-refractivity contribution < 1.29 is 22.6 Å². The lowest BCUT2D eigenvalue weighted by atomic mass is 10.2. The number of guanidine groups is 1. The second kappa shape index (κ2) is 11.7. The fourth-order valence-electron chi connectivity index (χ4n) is 2.44. The Kier molecular flexibility index (Phi) is 9.99. The van der Waals surface area contributed by atoms with E-state index in [2.05, 4.69) is 20.0 Å². The highest BCUT2D eigenvalue weighted by molar-refractivity contribution is 14.0. The van der Waals surface area contributed by atoms with Gasteiger partial charge in [0.15, 0.2) is 12.6 Å². The van der Waals surface area contributed by atoms with Gasteiger partial charge in [-0.25, -0.2) is 4.98 Å². The molecule has 2 aromatic rings. The standard InChI is InChI=1S/C19H23F3N4O2.HI/c1-23-18(26(2)12-14-4-6-16(27-3)7-5-14)25-11-15-8-9-24-17(10-15)28-13-19(20,21)22;/h4-10H,11-13H2,1-3H3,(H,23,25);1H. The minimum atomic E-state index is -4.40. The number of aliphatic imine (C=N–C) groups is 1. The predicted molar refractivity (Wildman–Crippen MR) is 116 cm³/mol. The molecule has 0 spiro atoms.